The maximum atomic E-state index is 11.8. The normalized spacial score (nSPS) is 18.5. The molecule has 4 atom stereocenters. The van der Waals surface area contributed by atoms with Crippen LogP contribution < -0.4 is 14.8 Å². The van der Waals surface area contributed by atoms with Gasteiger partial charge in [-0.3, -0.25) is 0 Å². The number of nitrogens with zero attached hydrogens (tertiary/aromatic N) is 3. The Kier molecular flexibility index (Phi) is 32.0. The fraction of sp³-hybridized carbons (Fsp3) is 0.606. The second-order valence-corrected chi connectivity index (χ2v) is 42.8. The Balaban J connectivity index is 0.000000239. The van der Waals surface area contributed by atoms with Crippen molar-refractivity contribution in [3.63, 3.8) is 0 Å². The summed E-state index contributed by atoms with van der Waals surface area (Å²) in [4.78, 5) is 14.6. The predicted octanol–water partition coefficient (Wildman–Crippen LogP) is 9.47. The Labute approximate surface area is 443 Å². The quantitative estimate of drug-likeness (QED) is 0.127. The lowest BCUT2D eigenvalue weighted by molar-refractivity contribution is 0.0525. The third-order valence-corrected chi connectivity index (χ3v) is 38.5. The van der Waals surface area contributed by atoms with E-state index in [-0.39, 0.29) is 6.09 Å². The van der Waals surface area contributed by atoms with E-state index in [4.69, 9.17) is 19.7 Å². The molecule has 0 aliphatic heterocycles. The summed E-state index contributed by atoms with van der Waals surface area (Å²) < 4.78 is 19.4. The van der Waals surface area contributed by atoms with Gasteiger partial charge < -0.3 is 19.5 Å². The van der Waals surface area contributed by atoms with Gasteiger partial charge in [0.05, 0.1) is 13.2 Å². The van der Waals surface area contributed by atoms with Crippen molar-refractivity contribution in [3.05, 3.63) is 66.9 Å². The molecule has 4 aliphatic rings. The molecule has 8 nitrogen and oxygen atoms in total. The summed E-state index contributed by atoms with van der Waals surface area (Å²) in [5, 5.41) is 6.56. The molecule has 1 N–H and O–H groups in total. The third kappa shape index (κ3) is 27.7. The lowest BCUT2D eigenvalue weighted by Gasteiger charge is -2.19. The van der Waals surface area contributed by atoms with Gasteiger partial charge >= 0.3 is 6.09 Å². The van der Waals surface area contributed by atoms with Gasteiger partial charge in [0.25, 0.3) is 0 Å². The third-order valence-electron chi connectivity index (χ3n) is 8.58. The Hall–Kier alpha value is 1.76. The molecule has 0 bridgehead atoms. The van der Waals surface area contributed by atoms with E-state index in [1.54, 1.807) is 97.7 Å². The number of alkyl carbamates (subject to hydrolysis) is 1. The minimum Gasteiger partial charge on any atom is -0.493 e. The molecule has 2 aromatic carbocycles. The first kappa shape index (κ1) is 58.1. The molecule has 0 saturated heterocycles. The van der Waals surface area contributed by atoms with E-state index in [1.807, 2.05) is 39.0 Å². The number of rotatable bonds is 12. The highest BCUT2D eigenvalue weighted by atomic mass is 79.9. The van der Waals surface area contributed by atoms with Gasteiger partial charge in [-0.1, -0.05) is 37.0 Å². The van der Waals surface area contributed by atoms with Crippen molar-refractivity contribution in [3.8, 4) is 11.5 Å². The summed E-state index contributed by atoms with van der Waals surface area (Å²) in [5.41, 5.74) is 10.4. The highest BCUT2D eigenvalue weighted by molar-refractivity contribution is 9.10. The standard InChI is InChI=1S/C19H26BrNO3.C14H16BrN3O.S10.S9/c1-19(2,3)24-18(22)21-10-13-8-15(13)16-9-14(20)6-7-17(16)23-11-12-4-5-12;15-11-3-4-14(19-8-9-1-2-9)13(6-11)12-5-10(12)7-17-18-16;1-3-5-7-9-10-8-6-4-2;1-3-5-7-9-8-6-4-2/h6-7,9,12-13,15H,4-5,8,10-11H2,1-3H3,(H,21,22);3-4,6,9-10,12H,1-2,5,7-8H2;;/t13-,15+;10-,12+;;/m11../s1. The fourth-order valence-corrected chi connectivity index (χ4v) is 36.3. The van der Waals surface area contributed by atoms with Crippen molar-refractivity contribution < 1.29 is 19.0 Å². The van der Waals surface area contributed by atoms with Crippen molar-refractivity contribution >= 4 is 216 Å². The first-order chi connectivity index (χ1) is 29.9. The average molecular weight is 1330 g/mol. The topological polar surface area (TPSA) is 106 Å². The largest absolute Gasteiger partial charge is 0.493 e. The molecule has 4 saturated carbocycles. The van der Waals surface area contributed by atoms with Gasteiger partial charge in [0.2, 0.25) is 0 Å². The Morgan fingerprint density at radius 3 is 1.50 bits per heavy atom. The molecular weight excluding hydrogens is 1290 g/mol. The van der Waals surface area contributed by atoms with E-state index >= 15 is 0 Å². The summed E-state index contributed by atoms with van der Waals surface area (Å²) in [7, 11) is 23.6. The second kappa shape index (κ2) is 34.1. The molecule has 0 heterocycles. The van der Waals surface area contributed by atoms with Gasteiger partial charge in [-0.15, -0.1) is 0 Å². The van der Waals surface area contributed by atoms with Crippen LogP contribution in [0.1, 0.15) is 82.3 Å². The smallest absolute Gasteiger partial charge is 0.407 e. The van der Waals surface area contributed by atoms with Crippen molar-refractivity contribution in [2.24, 2.45) is 28.8 Å². The molecule has 62 heavy (non-hydrogen) atoms. The molecule has 1 amide bonds. The lowest BCUT2D eigenvalue weighted by Crippen LogP contribution is -2.33. The Morgan fingerprint density at radius 1 is 0.710 bits per heavy atom. The number of azide groups is 1. The van der Waals surface area contributed by atoms with E-state index in [2.05, 4.69) is 110 Å². The zero-order valence-corrected chi connectivity index (χ0v) is 51.7. The van der Waals surface area contributed by atoms with Crippen LogP contribution >= 0.6 is 31.9 Å². The molecule has 6 rings (SSSR count). The van der Waals surface area contributed by atoms with Crippen molar-refractivity contribution in [1.29, 1.82) is 0 Å². The number of carbonyl (C=O) groups excluding carboxylic acids is 1. The molecule has 0 radical (unpaired) electrons. The van der Waals surface area contributed by atoms with Crippen molar-refractivity contribution in [2.75, 3.05) is 26.3 Å². The highest BCUT2D eigenvalue weighted by Gasteiger charge is 2.41. The maximum Gasteiger partial charge on any atom is 0.407 e. The number of ether oxygens (including phenoxy) is 3. The first-order valence-electron chi connectivity index (χ1n) is 18.2. The van der Waals surface area contributed by atoms with Gasteiger partial charge in [-0.25, -0.2) is 4.79 Å². The number of carbonyl (C=O) groups is 1. The van der Waals surface area contributed by atoms with E-state index in [9.17, 15) is 4.79 Å². The predicted molar refractivity (Wildman–Crippen MR) is 315 cm³/mol. The molecule has 29 heteroatoms. The number of hydrogen-bond acceptors (Lipinski definition) is 9. The number of nitrogens with one attached hydrogen (secondary N) is 1. The van der Waals surface area contributed by atoms with Crippen LogP contribution in [-0.4, -0.2) is 38.0 Å². The van der Waals surface area contributed by atoms with Crippen LogP contribution in [0.4, 0.5) is 4.79 Å². The average Bonchev–Trinajstić information content (AvgIpc) is 4.03. The summed E-state index contributed by atoms with van der Waals surface area (Å²) in [5.74, 6) is 5.37. The monoisotopic (exact) mass is 1320 g/mol. The molecule has 0 unspecified atom stereocenters. The van der Waals surface area contributed by atoms with Gasteiger partial charge in [0.1, 0.15) is 17.1 Å². The zero-order chi connectivity index (χ0) is 45.2. The van der Waals surface area contributed by atoms with E-state index in [0.29, 0.717) is 36.8 Å². The summed E-state index contributed by atoms with van der Waals surface area (Å²) in [6.07, 6.45) is 7.01. The minimum atomic E-state index is -0.457. The van der Waals surface area contributed by atoms with Crippen molar-refractivity contribution in [1.82, 2.24) is 5.32 Å². The van der Waals surface area contributed by atoms with Crippen LogP contribution in [0.15, 0.2) is 50.5 Å². The van der Waals surface area contributed by atoms with Crippen LogP contribution in [0.3, 0.4) is 0 Å². The van der Waals surface area contributed by atoms with Crippen LogP contribution in [0, 0.1) is 23.7 Å². The maximum absolute atomic E-state index is 11.8. The summed E-state index contributed by atoms with van der Waals surface area (Å²) in [6.45, 7) is 8.51. The van der Waals surface area contributed by atoms with E-state index in [1.165, 1.54) is 72.3 Å². The highest BCUT2D eigenvalue weighted by Crippen LogP contribution is 2.52. The van der Waals surface area contributed by atoms with Crippen LogP contribution in [-0.2, 0) is 183 Å². The van der Waals surface area contributed by atoms with Gasteiger partial charge in [-0.2, -0.15) is 0 Å². The minimum absolute atomic E-state index is 0.340. The molecular formula is C33H42Br2N4O4S19. The van der Waals surface area contributed by atoms with Gasteiger partial charge in [-0.05, 0) is 148 Å². The molecule has 0 spiro atoms. The number of amides is 1. The summed E-state index contributed by atoms with van der Waals surface area (Å²) >= 11 is 25.7. The fourth-order valence-electron chi connectivity index (χ4n) is 5.34. The van der Waals surface area contributed by atoms with E-state index < -0.39 is 5.60 Å². The Bertz CT molecular complexity index is 2520. The number of benzene rings is 2. The van der Waals surface area contributed by atoms with Gasteiger partial charge in [0, 0.05) is 205 Å². The Morgan fingerprint density at radius 2 is 1.11 bits per heavy atom. The van der Waals surface area contributed by atoms with E-state index in [0.717, 1.165) is 58.3 Å². The first-order valence-corrected chi connectivity index (χ1v) is 42.5. The number of hydrogen-bond donors (Lipinski definition) is 1. The van der Waals surface area contributed by atoms with Crippen LogP contribution in [0.5, 0.6) is 11.5 Å². The van der Waals surface area contributed by atoms with Crippen LogP contribution in [0.25, 0.3) is 10.4 Å². The molecule has 0 aromatic heterocycles. The molecule has 4 aliphatic carbocycles. The van der Waals surface area contributed by atoms with Gasteiger partial charge in [0.15, 0.2) is 0 Å². The SMILES string of the molecule is CC(C)(C)OC(=O)NC[C@H]1C[C@@H]1c1cc(Br)ccc1OCC1CC1.S=S=S=S=S=S=S=S=S.S=S=S=S=S=S=S=S=S=S.[N-]=[N+]=NC[C@H]1C[C@@H]1c1cc(Br)ccc1OCC1CC1. The number of halogens is 2. The van der Waals surface area contributed by atoms with Crippen molar-refractivity contribution in [2.45, 2.75) is 76.7 Å². The lowest BCUT2D eigenvalue weighted by atomic mass is 10.1. The molecule has 2 aromatic rings. The summed E-state index contributed by atoms with van der Waals surface area (Å²) in [6, 6.07) is 12.4. The zero-order valence-electron chi connectivity index (χ0n) is 33.0. The molecule has 346 valence electrons. The second-order valence-electron chi connectivity index (χ2n) is 14.4. The van der Waals surface area contributed by atoms with Crippen LogP contribution in [0.2, 0.25) is 0 Å². The molecule has 4 fully saturated rings.